The molecule has 0 bridgehead atoms. The first kappa shape index (κ1) is 7.54. The Kier molecular flexibility index (Phi) is 3.33. The largest absolute Gasteiger partial charge is 0.750 e. The van der Waals surface area contributed by atoms with E-state index in [1.807, 2.05) is 0 Å². The molecule has 0 aliphatic rings. The molecule has 8 heavy (non-hydrogen) atoms. The topological polar surface area (TPSA) is 86.7 Å². The fourth-order valence-corrected chi connectivity index (χ4v) is 0.296. The summed E-state index contributed by atoms with van der Waals surface area (Å²) in [5.41, 5.74) is 0. The van der Waals surface area contributed by atoms with Crippen LogP contribution in [0.5, 0.6) is 0 Å². The van der Waals surface area contributed by atoms with Crippen molar-refractivity contribution in [2.24, 2.45) is 0 Å². The van der Waals surface area contributed by atoms with Crippen molar-refractivity contribution < 1.29 is 22.8 Å². The third kappa shape index (κ3) is 5.54. The van der Waals surface area contributed by atoms with Crippen LogP contribution < -0.4 is 0 Å². The summed E-state index contributed by atoms with van der Waals surface area (Å²) < 4.78 is 22.5. The quantitative estimate of drug-likeness (QED) is 0.500. The smallest absolute Gasteiger partial charge is 0.331 e. The van der Waals surface area contributed by atoms with E-state index in [4.69, 9.17) is 5.11 Å². The fraction of sp³-hybridized carbons (Fsp3) is 0.500. The van der Waals surface area contributed by atoms with Crippen molar-refractivity contribution >= 4 is 17.3 Å². The minimum Gasteiger partial charge on any atom is -0.750 e. The van der Waals surface area contributed by atoms with E-state index in [1.165, 1.54) is 0 Å². The molecular formula is C2H3O5S-. The summed E-state index contributed by atoms with van der Waals surface area (Å²) in [5.74, 6) is -1.31. The first-order valence-corrected chi connectivity index (χ1v) is 2.57. The molecule has 0 fully saturated rings. The minimum absolute atomic E-state index is 0.809. The maximum absolute atomic E-state index is 9.51. The van der Waals surface area contributed by atoms with Crippen molar-refractivity contribution in [1.82, 2.24) is 0 Å². The second-order valence-corrected chi connectivity index (χ2v) is 1.50. The average Bonchev–Trinajstić information content (AvgIpc) is 1.61. The van der Waals surface area contributed by atoms with Crippen LogP contribution in [-0.2, 0) is 20.3 Å². The summed E-state index contributed by atoms with van der Waals surface area (Å²) in [7, 11) is 0. The van der Waals surface area contributed by atoms with Crippen LogP contribution in [0.25, 0.3) is 0 Å². The lowest BCUT2D eigenvalue weighted by atomic mass is 10.8. The van der Waals surface area contributed by atoms with Crippen LogP contribution in [0.4, 0.5) is 0 Å². The molecule has 0 amide bonds. The van der Waals surface area contributed by atoms with E-state index in [0.29, 0.717) is 0 Å². The summed E-state index contributed by atoms with van der Waals surface area (Å²) in [6.07, 6.45) is 0. The molecule has 0 rings (SSSR count). The summed E-state index contributed by atoms with van der Waals surface area (Å²) in [6.45, 7) is -0.809. The Balaban J connectivity index is 3.18. The molecule has 0 radical (unpaired) electrons. The van der Waals surface area contributed by atoms with E-state index < -0.39 is 23.9 Å². The van der Waals surface area contributed by atoms with Gasteiger partial charge in [-0.05, 0) is 0 Å². The van der Waals surface area contributed by atoms with Gasteiger partial charge in [0, 0.05) is 0 Å². The van der Waals surface area contributed by atoms with Crippen LogP contribution in [0.3, 0.4) is 0 Å². The number of carbonyl (C=O) groups is 1. The van der Waals surface area contributed by atoms with Crippen molar-refractivity contribution in [3.05, 3.63) is 0 Å². The Morgan fingerprint density at radius 1 is 1.88 bits per heavy atom. The second-order valence-electron chi connectivity index (χ2n) is 0.860. The van der Waals surface area contributed by atoms with Crippen molar-refractivity contribution in [1.29, 1.82) is 0 Å². The first-order chi connectivity index (χ1) is 3.63. The highest BCUT2D eigenvalue weighted by atomic mass is 32.2. The molecule has 1 N–H and O–H groups in total. The Morgan fingerprint density at radius 2 is 2.38 bits per heavy atom. The van der Waals surface area contributed by atoms with Gasteiger partial charge in [-0.15, -0.1) is 0 Å². The fourth-order valence-electron chi connectivity index (χ4n) is 0.0985. The molecule has 6 heteroatoms. The van der Waals surface area contributed by atoms with Gasteiger partial charge in [0.05, 0.1) is 11.4 Å². The van der Waals surface area contributed by atoms with Gasteiger partial charge in [0.2, 0.25) is 0 Å². The number of hydrogen-bond donors (Lipinski definition) is 1. The third-order valence-electron chi connectivity index (χ3n) is 0.279. The zero-order chi connectivity index (χ0) is 6.57. The SMILES string of the molecule is O=C(O)COS(=O)[O-]. The molecule has 0 aromatic heterocycles. The van der Waals surface area contributed by atoms with Gasteiger partial charge in [-0.1, -0.05) is 0 Å². The Hall–Kier alpha value is -0.460. The van der Waals surface area contributed by atoms with Gasteiger partial charge in [-0.2, -0.15) is 0 Å². The predicted molar refractivity (Wildman–Crippen MR) is 22.5 cm³/mol. The van der Waals surface area contributed by atoms with E-state index >= 15 is 0 Å². The number of hydrogen-bond acceptors (Lipinski definition) is 4. The molecule has 0 aliphatic heterocycles. The minimum atomic E-state index is -2.72. The Morgan fingerprint density at radius 3 is 2.50 bits per heavy atom. The van der Waals surface area contributed by atoms with Crippen LogP contribution in [-0.4, -0.2) is 26.4 Å². The lowest BCUT2D eigenvalue weighted by Crippen LogP contribution is -2.07. The number of carboxylic acids is 1. The van der Waals surface area contributed by atoms with Crippen molar-refractivity contribution in [2.75, 3.05) is 6.61 Å². The van der Waals surface area contributed by atoms with Crippen LogP contribution >= 0.6 is 0 Å². The molecule has 1 atom stereocenters. The highest BCUT2D eigenvalue weighted by Gasteiger charge is 1.93. The highest BCUT2D eigenvalue weighted by molar-refractivity contribution is 7.74. The molecule has 0 aromatic rings. The summed E-state index contributed by atoms with van der Waals surface area (Å²) in [5, 5.41) is 7.76. The molecule has 1 unspecified atom stereocenters. The number of aliphatic carboxylic acids is 1. The molecule has 5 nitrogen and oxygen atoms in total. The molecule has 0 saturated carbocycles. The zero-order valence-corrected chi connectivity index (χ0v) is 4.51. The molecule has 48 valence electrons. The predicted octanol–water partition coefficient (Wildman–Crippen LogP) is -1.12. The Bertz CT molecular complexity index is 95.0. The van der Waals surface area contributed by atoms with Gasteiger partial charge in [0.15, 0.2) is 6.61 Å². The third-order valence-corrected chi connectivity index (χ3v) is 0.589. The lowest BCUT2D eigenvalue weighted by molar-refractivity contribution is -0.139. The van der Waals surface area contributed by atoms with Crippen molar-refractivity contribution in [2.45, 2.75) is 0 Å². The lowest BCUT2D eigenvalue weighted by Gasteiger charge is -1.99. The van der Waals surface area contributed by atoms with Crippen molar-refractivity contribution in [3.63, 3.8) is 0 Å². The van der Waals surface area contributed by atoms with Gasteiger partial charge < -0.3 is 9.66 Å². The van der Waals surface area contributed by atoms with Crippen LogP contribution in [0, 0.1) is 0 Å². The van der Waals surface area contributed by atoms with Crippen LogP contribution in [0.15, 0.2) is 0 Å². The maximum atomic E-state index is 9.51. The number of carboxylic acid groups (broad SMARTS) is 1. The molecule has 0 aromatic carbocycles. The maximum Gasteiger partial charge on any atom is 0.331 e. The second kappa shape index (κ2) is 3.53. The standard InChI is InChI=1S/C2H4O5S/c3-2(4)1-7-8(5)6/h1H2,(H,3,4)(H,5,6)/p-1. The summed E-state index contributed by atoms with van der Waals surface area (Å²) in [6, 6.07) is 0. The van der Waals surface area contributed by atoms with Crippen molar-refractivity contribution in [3.8, 4) is 0 Å². The first-order valence-electron chi connectivity index (χ1n) is 1.57. The molecule has 0 saturated heterocycles. The monoisotopic (exact) mass is 139 g/mol. The number of rotatable bonds is 3. The average molecular weight is 139 g/mol. The summed E-state index contributed by atoms with van der Waals surface area (Å²) >= 11 is -2.72. The van der Waals surface area contributed by atoms with E-state index in [9.17, 15) is 13.6 Å². The van der Waals surface area contributed by atoms with Gasteiger partial charge >= 0.3 is 5.97 Å². The molecule has 0 aliphatic carbocycles. The normalized spacial score (nSPS) is 13.1. The molecule has 0 spiro atoms. The van der Waals surface area contributed by atoms with Gasteiger partial charge in [0.25, 0.3) is 0 Å². The van der Waals surface area contributed by atoms with E-state index in [-0.39, 0.29) is 0 Å². The zero-order valence-electron chi connectivity index (χ0n) is 3.70. The van der Waals surface area contributed by atoms with Gasteiger partial charge in [-0.25, -0.2) is 9.00 Å². The Labute approximate surface area is 47.8 Å². The molecule has 0 heterocycles. The highest BCUT2D eigenvalue weighted by Crippen LogP contribution is 1.76. The van der Waals surface area contributed by atoms with E-state index in [0.717, 1.165) is 0 Å². The van der Waals surface area contributed by atoms with Gasteiger partial charge in [0.1, 0.15) is 0 Å². The van der Waals surface area contributed by atoms with E-state index in [2.05, 4.69) is 4.18 Å². The van der Waals surface area contributed by atoms with Crippen LogP contribution in [0.1, 0.15) is 0 Å². The molecular weight excluding hydrogens is 136 g/mol. The van der Waals surface area contributed by atoms with Crippen LogP contribution in [0.2, 0.25) is 0 Å². The van der Waals surface area contributed by atoms with E-state index in [1.54, 1.807) is 0 Å². The summed E-state index contributed by atoms with van der Waals surface area (Å²) in [4.78, 5) is 9.51. The van der Waals surface area contributed by atoms with Gasteiger partial charge in [-0.3, -0.25) is 4.18 Å².